The highest BCUT2D eigenvalue weighted by Gasteiger charge is 2.36. The maximum absolute atomic E-state index is 13.4. The molecule has 0 radical (unpaired) electrons. The minimum absolute atomic E-state index is 0.0396. The van der Waals surface area contributed by atoms with Gasteiger partial charge in [0.2, 0.25) is 0 Å². The Labute approximate surface area is 187 Å². The van der Waals surface area contributed by atoms with Crippen LogP contribution in [0.2, 0.25) is 5.02 Å². The Morgan fingerprint density at radius 2 is 2.00 bits per heavy atom. The van der Waals surface area contributed by atoms with Gasteiger partial charge in [-0.15, -0.1) is 0 Å². The number of halogens is 1. The first-order valence-corrected chi connectivity index (χ1v) is 13.1. The van der Waals surface area contributed by atoms with Crippen LogP contribution >= 0.6 is 23.4 Å². The molecule has 1 aromatic heterocycles. The highest BCUT2D eigenvalue weighted by atomic mass is 35.5. The van der Waals surface area contributed by atoms with E-state index in [1.807, 2.05) is 31.2 Å². The van der Waals surface area contributed by atoms with Crippen molar-refractivity contribution in [2.45, 2.75) is 50.9 Å². The molecule has 1 aliphatic heterocycles. The molecule has 2 aromatic rings. The van der Waals surface area contributed by atoms with Gasteiger partial charge in [-0.05, 0) is 29.2 Å². The van der Waals surface area contributed by atoms with Crippen LogP contribution < -0.4 is 0 Å². The molecule has 0 N–H and O–H groups in total. The number of benzene rings is 1. The molecule has 0 spiro atoms. The third-order valence-electron chi connectivity index (χ3n) is 5.11. The van der Waals surface area contributed by atoms with Gasteiger partial charge in [-0.25, -0.2) is 18.4 Å². The predicted octanol–water partition coefficient (Wildman–Crippen LogP) is 4.19. The Morgan fingerprint density at radius 3 is 2.57 bits per heavy atom. The summed E-state index contributed by atoms with van der Waals surface area (Å²) >= 11 is 7.68. The molecule has 9 heteroatoms. The summed E-state index contributed by atoms with van der Waals surface area (Å²) in [4.78, 5) is 23.6. The molecule has 1 saturated heterocycles. The van der Waals surface area contributed by atoms with E-state index in [9.17, 15) is 13.2 Å². The Balaban J connectivity index is 1.93. The first-order valence-electron chi connectivity index (χ1n) is 9.95. The second kappa shape index (κ2) is 9.66. The van der Waals surface area contributed by atoms with Gasteiger partial charge < -0.3 is 4.90 Å². The minimum Gasteiger partial charge on any atom is -0.329 e. The van der Waals surface area contributed by atoms with Gasteiger partial charge in [0.25, 0.3) is 5.91 Å². The van der Waals surface area contributed by atoms with Crippen LogP contribution in [0.4, 0.5) is 0 Å². The van der Waals surface area contributed by atoms with Crippen molar-refractivity contribution in [1.82, 2.24) is 14.9 Å². The quantitative estimate of drug-likeness (QED) is 0.448. The lowest BCUT2D eigenvalue weighted by Gasteiger charge is -2.28. The highest BCUT2D eigenvalue weighted by molar-refractivity contribution is 7.99. The zero-order chi connectivity index (χ0) is 21.9. The number of amides is 1. The summed E-state index contributed by atoms with van der Waals surface area (Å²) in [7, 11) is -3.16. The average molecular weight is 468 g/mol. The van der Waals surface area contributed by atoms with Gasteiger partial charge in [0, 0.05) is 12.6 Å². The van der Waals surface area contributed by atoms with Gasteiger partial charge in [0.15, 0.2) is 20.7 Å². The molecule has 1 aromatic carbocycles. The van der Waals surface area contributed by atoms with Gasteiger partial charge >= 0.3 is 0 Å². The Morgan fingerprint density at radius 1 is 1.30 bits per heavy atom. The number of aromatic nitrogens is 2. The zero-order valence-electron chi connectivity index (χ0n) is 17.3. The smallest absolute Gasteiger partial charge is 0.274 e. The molecule has 6 nitrogen and oxygen atoms in total. The van der Waals surface area contributed by atoms with E-state index in [-0.39, 0.29) is 28.1 Å². The lowest BCUT2D eigenvalue weighted by molar-refractivity contribution is 0.0674. The second-order valence-corrected chi connectivity index (χ2v) is 11.5. The lowest BCUT2D eigenvalue weighted by Crippen LogP contribution is -2.41. The van der Waals surface area contributed by atoms with Crippen molar-refractivity contribution < 1.29 is 13.2 Å². The predicted molar refractivity (Wildman–Crippen MR) is 121 cm³/mol. The number of carbonyl (C=O) groups is 1. The van der Waals surface area contributed by atoms with E-state index in [2.05, 4.69) is 23.8 Å². The van der Waals surface area contributed by atoms with Crippen LogP contribution in [-0.2, 0) is 16.4 Å². The van der Waals surface area contributed by atoms with E-state index in [0.717, 1.165) is 11.3 Å². The molecule has 1 amide bonds. The number of sulfone groups is 1. The first-order chi connectivity index (χ1) is 14.2. The maximum Gasteiger partial charge on any atom is 0.274 e. The van der Waals surface area contributed by atoms with Crippen molar-refractivity contribution in [3.05, 3.63) is 52.3 Å². The molecule has 1 aliphatic rings. The molecule has 1 atom stereocenters. The third-order valence-corrected chi connectivity index (χ3v) is 7.88. The van der Waals surface area contributed by atoms with Crippen LogP contribution in [0, 0.1) is 0 Å². The van der Waals surface area contributed by atoms with Crippen molar-refractivity contribution in [3.8, 4) is 0 Å². The molecule has 0 saturated carbocycles. The summed E-state index contributed by atoms with van der Waals surface area (Å²) in [5.74, 6) is 0.855. The average Bonchev–Trinajstić information content (AvgIpc) is 3.07. The fourth-order valence-electron chi connectivity index (χ4n) is 3.43. The van der Waals surface area contributed by atoms with Gasteiger partial charge in [-0.3, -0.25) is 4.79 Å². The van der Waals surface area contributed by atoms with Crippen molar-refractivity contribution in [2.24, 2.45) is 0 Å². The maximum atomic E-state index is 13.4. The van der Waals surface area contributed by atoms with E-state index in [1.54, 1.807) is 4.90 Å². The first kappa shape index (κ1) is 23.0. The number of hydrogen-bond acceptors (Lipinski definition) is 6. The van der Waals surface area contributed by atoms with E-state index < -0.39 is 15.9 Å². The van der Waals surface area contributed by atoms with E-state index in [4.69, 9.17) is 11.6 Å². The lowest BCUT2D eigenvalue weighted by atomic mass is 10.0. The Bertz CT molecular complexity index is 1010. The number of thioether (sulfide) groups is 1. The molecular formula is C21H26ClN3O3S2. The van der Waals surface area contributed by atoms with E-state index in [0.29, 0.717) is 24.0 Å². The van der Waals surface area contributed by atoms with Crippen molar-refractivity contribution in [1.29, 1.82) is 0 Å². The molecule has 0 bridgehead atoms. The molecule has 1 fully saturated rings. The molecule has 1 unspecified atom stereocenters. The number of carbonyl (C=O) groups excluding carboxylic acids is 1. The Kier molecular flexibility index (Phi) is 7.42. The summed E-state index contributed by atoms with van der Waals surface area (Å²) in [6.07, 6.45) is 1.85. The molecule has 162 valence electrons. The monoisotopic (exact) mass is 467 g/mol. The molecule has 2 heterocycles. The molecule has 30 heavy (non-hydrogen) atoms. The number of rotatable bonds is 7. The molecule has 0 aliphatic carbocycles. The van der Waals surface area contributed by atoms with Gasteiger partial charge in [-0.1, -0.05) is 68.4 Å². The largest absolute Gasteiger partial charge is 0.329 e. The fraction of sp³-hybridized carbons (Fsp3) is 0.476. The minimum atomic E-state index is -3.16. The summed E-state index contributed by atoms with van der Waals surface area (Å²) in [6, 6.07) is 7.65. The summed E-state index contributed by atoms with van der Waals surface area (Å²) < 4.78 is 24.2. The van der Waals surface area contributed by atoms with E-state index >= 15 is 0 Å². The fourth-order valence-corrected chi connectivity index (χ4v) is 5.87. The normalized spacial score (nSPS) is 18.0. The van der Waals surface area contributed by atoms with Crippen LogP contribution in [0.3, 0.4) is 0 Å². The van der Waals surface area contributed by atoms with Gasteiger partial charge in [-0.2, -0.15) is 0 Å². The van der Waals surface area contributed by atoms with Crippen molar-refractivity contribution in [2.75, 3.05) is 17.3 Å². The third kappa shape index (κ3) is 5.53. The van der Waals surface area contributed by atoms with Crippen LogP contribution in [0.5, 0.6) is 0 Å². The number of hydrogen-bond donors (Lipinski definition) is 0. The SMILES string of the molecule is CCSc1ncc(Cl)c(C(=O)N(Cc2ccc(C(C)C)cc2)C2CCS(=O)(=O)C2)n1. The second-order valence-electron chi connectivity index (χ2n) is 7.67. The van der Waals surface area contributed by atoms with E-state index in [1.165, 1.54) is 23.5 Å². The standard InChI is InChI=1S/C21H26ClN3O3S2/c1-4-29-21-23-11-18(22)19(24-21)20(26)25(17-9-10-30(27,28)13-17)12-15-5-7-16(8-6-15)14(2)3/h5-8,11,14,17H,4,9-10,12-13H2,1-3H3. The summed E-state index contributed by atoms with van der Waals surface area (Å²) in [5.41, 5.74) is 2.26. The molecule has 3 rings (SSSR count). The number of nitrogens with zero attached hydrogens (tertiary/aromatic N) is 3. The highest BCUT2D eigenvalue weighted by Crippen LogP contribution is 2.26. The summed E-state index contributed by atoms with van der Waals surface area (Å²) in [6.45, 7) is 6.52. The van der Waals surface area contributed by atoms with Crippen molar-refractivity contribution in [3.63, 3.8) is 0 Å². The van der Waals surface area contributed by atoms with Crippen molar-refractivity contribution >= 4 is 39.1 Å². The topological polar surface area (TPSA) is 80.2 Å². The van der Waals surface area contributed by atoms with Crippen LogP contribution in [-0.4, -0.2) is 52.5 Å². The molecular weight excluding hydrogens is 442 g/mol. The summed E-state index contributed by atoms with van der Waals surface area (Å²) in [5, 5.41) is 0.645. The van der Waals surface area contributed by atoms with Crippen LogP contribution in [0.25, 0.3) is 0 Å². The van der Waals surface area contributed by atoms with Gasteiger partial charge in [0.05, 0.1) is 22.7 Å². The van der Waals surface area contributed by atoms with Crippen LogP contribution in [0.1, 0.15) is 54.7 Å². The van der Waals surface area contributed by atoms with Crippen LogP contribution in [0.15, 0.2) is 35.6 Å². The van der Waals surface area contributed by atoms with Gasteiger partial charge in [0.1, 0.15) is 0 Å². The zero-order valence-corrected chi connectivity index (χ0v) is 19.7. The Hall–Kier alpha value is -1.64.